The Kier molecular flexibility index (Phi) is 6.89. The second-order valence-electron chi connectivity index (χ2n) is 5.70. The number of carbonyl (C=O) groups excluding carboxylic acids is 1. The van der Waals surface area contributed by atoms with Gasteiger partial charge in [-0.25, -0.2) is 0 Å². The van der Waals surface area contributed by atoms with Crippen LogP contribution in [-0.2, 0) is 9.59 Å². The summed E-state index contributed by atoms with van der Waals surface area (Å²) in [6.07, 6.45) is 7.57. The van der Waals surface area contributed by atoms with Crippen LogP contribution in [0.15, 0.2) is 0 Å². The van der Waals surface area contributed by atoms with Gasteiger partial charge in [0.25, 0.3) is 0 Å². The Labute approximate surface area is 116 Å². The van der Waals surface area contributed by atoms with E-state index in [9.17, 15) is 9.59 Å². The Morgan fingerprint density at radius 2 is 1.89 bits per heavy atom. The highest BCUT2D eigenvalue weighted by atomic mass is 16.4. The second-order valence-corrected chi connectivity index (χ2v) is 5.70. The van der Waals surface area contributed by atoms with Crippen LogP contribution in [-0.4, -0.2) is 34.5 Å². The first kappa shape index (κ1) is 16.0. The summed E-state index contributed by atoms with van der Waals surface area (Å²) < 4.78 is 0. The minimum absolute atomic E-state index is 0.0424. The standard InChI is InChI=1S/C15H27NO3/c1-3-12(2)16(10-9-15(18)19)14(17)11-13-7-5-4-6-8-13/h12-13H,3-11H2,1-2H3,(H,18,19). The number of carbonyl (C=O) groups is 2. The van der Waals surface area contributed by atoms with Crippen LogP contribution in [0.4, 0.5) is 0 Å². The van der Waals surface area contributed by atoms with Crippen molar-refractivity contribution in [2.75, 3.05) is 6.54 Å². The molecule has 1 aliphatic rings. The predicted molar refractivity (Wildman–Crippen MR) is 74.9 cm³/mol. The first-order chi connectivity index (χ1) is 9.04. The van der Waals surface area contributed by atoms with Gasteiger partial charge in [-0.15, -0.1) is 0 Å². The summed E-state index contributed by atoms with van der Waals surface area (Å²) in [4.78, 5) is 24.8. The molecule has 0 spiro atoms. The number of amides is 1. The number of hydrogen-bond acceptors (Lipinski definition) is 2. The Bertz CT molecular complexity index is 298. The molecule has 0 bridgehead atoms. The zero-order valence-electron chi connectivity index (χ0n) is 12.2. The molecule has 1 unspecified atom stereocenters. The van der Waals surface area contributed by atoms with E-state index < -0.39 is 5.97 Å². The molecule has 4 nitrogen and oxygen atoms in total. The molecule has 110 valence electrons. The summed E-state index contributed by atoms with van der Waals surface area (Å²) in [5, 5.41) is 8.78. The minimum atomic E-state index is -0.834. The van der Waals surface area contributed by atoms with E-state index in [1.54, 1.807) is 4.90 Å². The quantitative estimate of drug-likeness (QED) is 0.772. The normalized spacial score (nSPS) is 18.0. The van der Waals surface area contributed by atoms with Crippen molar-refractivity contribution in [2.45, 2.75) is 71.3 Å². The van der Waals surface area contributed by atoms with Crippen molar-refractivity contribution in [1.82, 2.24) is 4.90 Å². The van der Waals surface area contributed by atoms with Gasteiger partial charge in [-0.2, -0.15) is 0 Å². The van der Waals surface area contributed by atoms with Gasteiger partial charge < -0.3 is 10.0 Å². The maximum Gasteiger partial charge on any atom is 0.305 e. The lowest BCUT2D eigenvalue weighted by Gasteiger charge is -2.30. The molecule has 1 amide bonds. The van der Waals surface area contributed by atoms with E-state index in [-0.39, 0.29) is 18.4 Å². The number of nitrogens with zero attached hydrogens (tertiary/aromatic N) is 1. The summed E-state index contributed by atoms with van der Waals surface area (Å²) >= 11 is 0. The van der Waals surface area contributed by atoms with Crippen LogP contribution in [0.2, 0.25) is 0 Å². The lowest BCUT2D eigenvalue weighted by Crippen LogP contribution is -2.40. The van der Waals surface area contributed by atoms with E-state index in [0.717, 1.165) is 19.3 Å². The van der Waals surface area contributed by atoms with Gasteiger partial charge in [-0.3, -0.25) is 9.59 Å². The van der Waals surface area contributed by atoms with Gasteiger partial charge in [-0.1, -0.05) is 26.2 Å². The highest BCUT2D eigenvalue weighted by Gasteiger charge is 2.24. The SMILES string of the molecule is CCC(C)N(CCC(=O)O)C(=O)CC1CCCCC1. The van der Waals surface area contributed by atoms with Crippen molar-refractivity contribution in [3.8, 4) is 0 Å². The first-order valence-corrected chi connectivity index (χ1v) is 7.55. The highest BCUT2D eigenvalue weighted by Crippen LogP contribution is 2.27. The molecule has 0 saturated heterocycles. The largest absolute Gasteiger partial charge is 0.481 e. The molecule has 0 heterocycles. The molecule has 0 aromatic rings. The molecule has 1 saturated carbocycles. The van der Waals surface area contributed by atoms with E-state index in [1.165, 1.54) is 19.3 Å². The molecule has 1 N–H and O–H groups in total. The zero-order valence-corrected chi connectivity index (χ0v) is 12.2. The minimum Gasteiger partial charge on any atom is -0.481 e. The fraction of sp³-hybridized carbons (Fsp3) is 0.867. The van der Waals surface area contributed by atoms with Gasteiger partial charge in [0.2, 0.25) is 5.91 Å². The summed E-state index contributed by atoms with van der Waals surface area (Å²) in [6, 6.07) is 0.135. The number of hydrogen-bond donors (Lipinski definition) is 1. The third-order valence-corrected chi connectivity index (χ3v) is 4.20. The van der Waals surface area contributed by atoms with Crippen molar-refractivity contribution < 1.29 is 14.7 Å². The maximum absolute atomic E-state index is 12.4. The lowest BCUT2D eigenvalue weighted by atomic mass is 9.86. The van der Waals surface area contributed by atoms with E-state index in [4.69, 9.17) is 5.11 Å². The fourth-order valence-corrected chi connectivity index (χ4v) is 2.78. The molecule has 0 aromatic heterocycles. The molecule has 1 fully saturated rings. The Balaban J connectivity index is 2.51. The first-order valence-electron chi connectivity index (χ1n) is 7.55. The van der Waals surface area contributed by atoms with Crippen molar-refractivity contribution in [3.05, 3.63) is 0 Å². The van der Waals surface area contributed by atoms with Gasteiger partial charge in [-0.05, 0) is 32.1 Å². The molecule has 1 rings (SSSR count). The fourth-order valence-electron chi connectivity index (χ4n) is 2.78. The van der Waals surface area contributed by atoms with Crippen LogP contribution >= 0.6 is 0 Å². The smallest absolute Gasteiger partial charge is 0.305 e. The summed E-state index contributed by atoms with van der Waals surface area (Å²) in [6.45, 7) is 4.38. The molecular formula is C15H27NO3. The Morgan fingerprint density at radius 3 is 2.42 bits per heavy atom. The van der Waals surface area contributed by atoms with Gasteiger partial charge in [0.15, 0.2) is 0 Å². The van der Waals surface area contributed by atoms with Crippen molar-refractivity contribution in [3.63, 3.8) is 0 Å². The summed E-state index contributed by atoms with van der Waals surface area (Å²) in [7, 11) is 0. The summed E-state index contributed by atoms with van der Waals surface area (Å²) in [5.41, 5.74) is 0. The third kappa shape index (κ3) is 5.62. The van der Waals surface area contributed by atoms with E-state index >= 15 is 0 Å². The number of carboxylic acid groups (broad SMARTS) is 1. The van der Waals surface area contributed by atoms with Gasteiger partial charge in [0, 0.05) is 19.0 Å². The number of carboxylic acids is 1. The van der Waals surface area contributed by atoms with Crippen molar-refractivity contribution in [2.24, 2.45) is 5.92 Å². The van der Waals surface area contributed by atoms with Crippen LogP contribution in [0.25, 0.3) is 0 Å². The highest BCUT2D eigenvalue weighted by molar-refractivity contribution is 5.77. The second kappa shape index (κ2) is 8.18. The van der Waals surface area contributed by atoms with Crippen LogP contribution in [0.3, 0.4) is 0 Å². The van der Waals surface area contributed by atoms with Crippen LogP contribution in [0.1, 0.15) is 65.2 Å². The van der Waals surface area contributed by atoms with E-state index in [0.29, 0.717) is 18.9 Å². The molecular weight excluding hydrogens is 242 g/mol. The molecule has 1 atom stereocenters. The van der Waals surface area contributed by atoms with Crippen molar-refractivity contribution >= 4 is 11.9 Å². The molecule has 1 aliphatic carbocycles. The summed E-state index contributed by atoms with van der Waals surface area (Å²) in [5.74, 6) is -0.182. The van der Waals surface area contributed by atoms with Gasteiger partial charge >= 0.3 is 5.97 Å². The topological polar surface area (TPSA) is 57.6 Å². The van der Waals surface area contributed by atoms with E-state index in [1.807, 2.05) is 13.8 Å². The Hall–Kier alpha value is -1.06. The number of aliphatic carboxylic acids is 1. The van der Waals surface area contributed by atoms with Crippen LogP contribution < -0.4 is 0 Å². The average Bonchev–Trinajstić information content (AvgIpc) is 2.39. The molecule has 4 heteroatoms. The molecule has 19 heavy (non-hydrogen) atoms. The zero-order chi connectivity index (χ0) is 14.3. The molecule has 0 aromatic carbocycles. The van der Waals surface area contributed by atoms with Crippen molar-refractivity contribution in [1.29, 1.82) is 0 Å². The predicted octanol–water partition coefficient (Wildman–Crippen LogP) is 3.06. The maximum atomic E-state index is 12.4. The van der Waals surface area contributed by atoms with Gasteiger partial charge in [0.1, 0.15) is 0 Å². The van der Waals surface area contributed by atoms with Crippen LogP contribution in [0, 0.1) is 5.92 Å². The monoisotopic (exact) mass is 269 g/mol. The average molecular weight is 269 g/mol. The lowest BCUT2D eigenvalue weighted by molar-refractivity contribution is -0.139. The molecule has 0 aliphatic heterocycles. The van der Waals surface area contributed by atoms with Crippen LogP contribution in [0.5, 0.6) is 0 Å². The Morgan fingerprint density at radius 1 is 1.26 bits per heavy atom. The van der Waals surface area contributed by atoms with Gasteiger partial charge in [0.05, 0.1) is 6.42 Å². The third-order valence-electron chi connectivity index (χ3n) is 4.20. The van der Waals surface area contributed by atoms with E-state index in [2.05, 4.69) is 0 Å². The molecule has 0 radical (unpaired) electrons. The number of rotatable bonds is 7.